The third-order valence-corrected chi connectivity index (χ3v) is 3.74. The third kappa shape index (κ3) is 6.41. The summed E-state index contributed by atoms with van der Waals surface area (Å²) in [6, 6.07) is 13.1. The SMILES string of the molecule is O=C(/C=C/c1cccs1)NC(=S)NNC(=O)Cc1ccccc1. The van der Waals surface area contributed by atoms with Crippen molar-refractivity contribution in [1.29, 1.82) is 0 Å². The zero-order valence-corrected chi connectivity index (χ0v) is 13.7. The van der Waals surface area contributed by atoms with Gasteiger partial charge in [-0.1, -0.05) is 36.4 Å². The molecule has 5 nitrogen and oxygen atoms in total. The van der Waals surface area contributed by atoms with Gasteiger partial charge in [0.1, 0.15) is 0 Å². The monoisotopic (exact) mass is 345 g/mol. The minimum Gasteiger partial charge on any atom is -0.298 e. The van der Waals surface area contributed by atoms with E-state index in [1.54, 1.807) is 6.08 Å². The van der Waals surface area contributed by atoms with E-state index in [-0.39, 0.29) is 23.3 Å². The summed E-state index contributed by atoms with van der Waals surface area (Å²) in [4.78, 5) is 24.3. The fourth-order valence-electron chi connectivity index (χ4n) is 1.68. The number of hydrogen-bond donors (Lipinski definition) is 3. The van der Waals surface area contributed by atoms with Crippen LogP contribution in [-0.2, 0) is 16.0 Å². The van der Waals surface area contributed by atoms with Crippen LogP contribution in [-0.4, -0.2) is 16.9 Å². The Balaban J connectivity index is 1.70. The number of benzene rings is 1. The van der Waals surface area contributed by atoms with Crippen molar-refractivity contribution < 1.29 is 9.59 Å². The first kappa shape index (κ1) is 16.9. The summed E-state index contributed by atoms with van der Waals surface area (Å²) in [5.74, 6) is -0.616. The van der Waals surface area contributed by atoms with Gasteiger partial charge in [0.15, 0.2) is 5.11 Å². The number of thiophene rings is 1. The third-order valence-electron chi connectivity index (χ3n) is 2.70. The fraction of sp³-hybridized carbons (Fsp3) is 0.0625. The molecule has 0 radical (unpaired) electrons. The summed E-state index contributed by atoms with van der Waals surface area (Å²) in [6.45, 7) is 0. The highest BCUT2D eigenvalue weighted by Gasteiger charge is 2.05. The van der Waals surface area contributed by atoms with Gasteiger partial charge in [-0.25, -0.2) is 0 Å². The molecule has 1 aromatic heterocycles. The van der Waals surface area contributed by atoms with Crippen LogP contribution in [0.1, 0.15) is 10.4 Å². The molecule has 3 N–H and O–H groups in total. The molecule has 7 heteroatoms. The standard InChI is InChI=1S/C16H15N3O2S2/c20-14(9-8-13-7-4-10-23-13)17-16(22)19-18-15(21)11-12-5-2-1-3-6-12/h1-10H,11H2,(H,18,21)(H2,17,19,20,22)/b9-8+. The van der Waals surface area contributed by atoms with Gasteiger partial charge in [0.2, 0.25) is 11.8 Å². The highest BCUT2D eigenvalue weighted by Crippen LogP contribution is 2.09. The lowest BCUT2D eigenvalue weighted by Gasteiger charge is -2.09. The van der Waals surface area contributed by atoms with Crippen molar-refractivity contribution in [3.8, 4) is 0 Å². The number of thiocarbonyl (C=S) groups is 1. The van der Waals surface area contributed by atoms with E-state index >= 15 is 0 Å². The van der Waals surface area contributed by atoms with Crippen molar-refractivity contribution in [2.75, 3.05) is 0 Å². The maximum atomic E-state index is 11.7. The largest absolute Gasteiger partial charge is 0.298 e. The van der Waals surface area contributed by atoms with Crippen molar-refractivity contribution >= 4 is 46.6 Å². The number of carbonyl (C=O) groups is 2. The molecule has 2 amide bonds. The normalized spacial score (nSPS) is 10.3. The summed E-state index contributed by atoms with van der Waals surface area (Å²) in [5, 5.41) is 4.40. The fourth-order valence-corrected chi connectivity index (χ4v) is 2.45. The summed E-state index contributed by atoms with van der Waals surface area (Å²) in [6.07, 6.45) is 3.30. The van der Waals surface area contributed by atoms with E-state index in [0.29, 0.717) is 0 Å². The second kappa shape index (κ2) is 8.82. The van der Waals surface area contributed by atoms with Crippen LogP contribution in [0.4, 0.5) is 0 Å². The smallest absolute Gasteiger partial charge is 0.250 e. The first-order valence-electron chi connectivity index (χ1n) is 6.79. The Bertz CT molecular complexity index is 697. The lowest BCUT2D eigenvalue weighted by atomic mass is 10.1. The van der Waals surface area contributed by atoms with Crippen LogP contribution in [0.2, 0.25) is 0 Å². The Morgan fingerprint density at radius 3 is 2.57 bits per heavy atom. The van der Waals surface area contributed by atoms with Gasteiger partial charge in [-0.05, 0) is 35.3 Å². The molecule has 0 aliphatic carbocycles. The summed E-state index contributed by atoms with van der Waals surface area (Å²) in [7, 11) is 0. The van der Waals surface area contributed by atoms with E-state index < -0.39 is 0 Å². The molecule has 0 aliphatic heterocycles. The minimum atomic E-state index is -0.367. The second-order valence-corrected chi connectivity index (χ2v) is 5.89. The molecule has 0 bridgehead atoms. The highest BCUT2D eigenvalue weighted by atomic mass is 32.1. The highest BCUT2D eigenvalue weighted by molar-refractivity contribution is 7.80. The molecule has 0 saturated carbocycles. The van der Waals surface area contributed by atoms with E-state index in [0.717, 1.165) is 10.4 Å². The zero-order valence-electron chi connectivity index (χ0n) is 12.1. The first-order chi connectivity index (χ1) is 11.1. The number of hydrazine groups is 1. The number of carbonyl (C=O) groups excluding carboxylic acids is 2. The van der Waals surface area contributed by atoms with Crippen molar-refractivity contribution in [3.05, 3.63) is 64.4 Å². The number of rotatable bonds is 4. The van der Waals surface area contributed by atoms with Crippen LogP contribution in [0.3, 0.4) is 0 Å². The van der Waals surface area contributed by atoms with Gasteiger partial charge in [-0.15, -0.1) is 11.3 Å². The molecule has 2 aromatic rings. The maximum absolute atomic E-state index is 11.7. The number of nitrogens with one attached hydrogen (secondary N) is 3. The minimum absolute atomic E-state index is 0.0345. The average molecular weight is 345 g/mol. The Morgan fingerprint density at radius 2 is 1.87 bits per heavy atom. The predicted molar refractivity (Wildman–Crippen MR) is 95.5 cm³/mol. The molecular weight excluding hydrogens is 330 g/mol. The van der Waals surface area contributed by atoms with E-state index in [9.17, 15) is 9.59 Å². The van der Waals surface area contributed by atoms with E-state index in [1.807, 2.05) is 47.8 Å². The molecule has 1 heterocycles. The van der Waals surface area contributed by atoms with Gasteiger partial charge >= 0.3 is 0 Å². The molecule has 1 aromatic carbocycles. The molecule has 23 heavy (non-hydrogen) atoms. The van der Waals surface area contributed by atoms with Gasteiger partial charge in [0, 0.05) is 11.0 Å². The average Bonchev–Trinajstić information content (AvgIpc) is 3.05. The van der Waals surface area contributed by atoms with E-state index in [2.05, 4.69) is 16.2 Å². The maximum Gasteiger partial charge on any atom is 0.250 e. The van der Waals surface area contributed by atoms with Crippen LogP contribution in [0.5, 0.6) is 0 Å². The quantitative estimate of drug-likeness (QED) is 0.450. The van der Waals surface area contributed by atoms with Gasteiger partial charge in [0.05, 0.1) is 6.42 Å². The number of hydrogen-bond acceptors (Lipinski definition) is 4. The Hall–Kier alpha value is -2.51. The van der Waals surface area contributed by atoms with Gasteiger partial charge in [-0.3, -0.25) is 25.8 Å². The molecule has 0 unspecified atom stereocenters. The molecule has 0 aliphatic rings. The summed E-state index contributed by atoms with van der Waals surface area (Å²) in [5.41, 5.74) is 5.82. The second-order valence-electron chi connectivity index (χ2n) is 4.50. The van der Waals surface area contributed by atoms with Crippen LogP contribution >= 0.6 is 23.6 Å². The van der Waals surface area contributed by atoms with Crippen molar-refractivity contribution in [3.63, 3.8) is 0 Å². The van der Waals surface area contributed by atoms with Gasteiger partial charge < -0.3 is 0 Å². The van der Waals surface area contributed by atoms with Crippen LogP contribution in [0.25, 0.3) is 6.08 Å². The summed E-state index contributed by atoms with van der Waals surface area (Å²) < 4.78 is 0. The number of amides is 2. The van der Waals surface area contributed by atoms with E-state index in [4.69, 9.17) is 12.2 Å². The molecule has 0 fully saturated rings. The molecular formula is C16H15N3O2S2. The van der Waals surface area contributed by atoms with E-state index in [1.165, 1.54) is 17.4 Å². The topological polar surface area (TPSA) is 70.2 Å². The van der Waals surface area contributed by atoms with Crippen LogP contribution < -0.4 is 16.2 Å². The van der Waals surface area contributed by atoms with Gasteiger partial charge in [0.25, 0.3) is 0 Å². The molecule has 0 spiro atoms. The Morgan fingerprint density at radius 1 is 1.09 bits per heavy atom. The Labute approximate surface area is 143 Å². The first-order valence-corrected chi connectivity index (χ1v) is 8.07. The van der Waals surface area contributed by atoms with Gasteiger partial charge in [-0.2, -0.15) is 0 Å². The predicted octanol–water partition coefficient (Wildman–Crippen LogP) is 2.03. The van der Waals surface area contributed by atoms with Crippen molar-refractivity contribution in [1.82, 2.24) is 16.2 Å². The molecule has 0 saturated heterocycles. The Kier molecular flexibility index (Phi) is 6.46. The lowest BCUT2D eigenvalue weighted by Crippen LogP contribution is -2.48. The van der Waals surface area contributed by atoms with Crippen molar-refractivity contribution in [2.24, 2.45) is 0 Å². The van der Waals surface area contributed by atoms with Crippen LogP contribution in [0, 0.1) is 0 Å². The zero-order chi connectivity index (χ0) is 16.5. The molecule has 2 rings (SSSR count). The summed E-state index contributed by atoms with van der Waals surface area (Å²) >= 11 is 6.47. The molecule has 0 atom stereocenters. The van der Waals surface area contributed by atoms with Crippen LogP contribution in [0.15, 0.2) is 53.9 Å². The lowest BCUT2D eigenvalue weighted by molar-refractivity contribution is -0.121. The molecule has 118 valence electrons. The van der Waals surface area contributed by atoms with Crippen molar-refractivity contribution in [2.45, 2.75) is 6.42 Å².